The number of esters is 1. The molecule has 2 heterocycles. The van der Waals surface area contributed by atoms with Crippen molar-refractivity contribution in [2.75, 3.05) is 13.7 Å². The third-order valence-electron chi connectivity index (χ3n) is 3.46. The highest BCUT2D eigenvalue weighted by Crippen LogP contribution is 2.28. The van der Waals surface area contributed by atoms with E-state index in [0.717, 1.165) is 9.25 Å². The number of halogens is 3. The Balaban J connectivity index is 2.27. The van der Waals surface area contributed by atoms with Crippen molar-refractivity contribution in [2.45, 2.75) is 31.4 Å². The van der Waals surface area contributed by atoms with Crippen molar-refractivity contribution in [1.29, 1.82) is 0 Å². The van der Waals surface area contributed by atoms with Gasteiger partial charge in [0.1, 0.15) is 6.04 Å². The number of carbonyl (C=O) groups is 1. The molecule has 124 valence electrons. The maximum atomic E-state index is 12.8. The fourth-order valence-electron chi connectivity index (χ4n) is 2.42. The maximum Gasteiger partial charge on any atom is 0.451 e. The molecule has 2 rings (SSSR count). The molecule has 7 nitrogen and oxygen atoms in total. The van der Waals surface area contributed by atoms with Crippen molar-refractivity contribution >= 4 is 18.2 Å². The third kappa shape index (κ3) is 3.15. The number of nitrogens with zero attached hydrogens (tertiary/aromatic N) is 4. The molecule has 0 radical (unpaired) electrons. The van der Waals surface area contributed by atoms with Gasteiger partial charge < -0.3 is 9.84 Å². The molecule has 0 aliphatic carbocycles. The second-order valence-electron chi connectivity index (χ2n) is 5.00. The van der Waals surface area contributed by atoms with Gasteiger partial charge in [-0.25, -0.2) is 4.68 Å². The number of hydrogen-bond donors (Lipinski definition) is 1. The van der Waals surface area contributed by atoms with Crippen LogP contribution in [0.25, 0.3) is 0 Å². The van der Waals surface area contributed by atoms with Crippen LogP contribution in [0, 0.1) is 4.77 Å². The zero-order valence-electron chi connectivity index (χ0n) is 11.9. The number of aliphatic hydroxyl groups excluding tert-OH is 1. The summed E-state index contributed by atoms with van der Waals surface area (Å²) in [7, 11) is 2.38. The van der Waals surface area contributed by atoms with Crippen molar-refractivity contribution in [3.63, 3.8) is 0 Å². The number of likely N-dealkylation sites (tertiary alicyclic amines) is 1. The second-order valence-corrected chi connectivity index (χ2v) is 5.37. The highest BCUT2D eigenvalue weighted by molar-refractivity contribution is 7.71. The van der Waals surface area contributed by atoms with Crippen LogP contribution in [0.2, 0.25) is 0 Å². The first-order valence-corrected chi connectivity index (χ1v) is 6.77. The molecule has 0 unspecified atom stereocenters. The van der Waals surface area contributed by atoms with E-state index in [1.54, 1.807) is 0 Å². The van der Waals surface area contributed by atoms with Gasteiger partial charge in [-0.1, -0.05) is 0 Å². The van der Waals surface area contributed by atoms with Gasteiger partial charge in [0.25, 0.3) is 0 Å². The molecule has 2 atom stereocenters. The number of ether oxygens (including phenoxy) is 1. The van der Waals surface area contributed by atoms with E-state index in [0.29, 0.717) is 0 Å². The van der Waals surface area contributed by atoms with Gasteiger partial charge in [-0.3, -0.25) is 14.3 Å². The largest absolute Gasteiger partial charge is 0.468 e. The number of rotatable bonds is 3. The van der Waals surface area contributed by atoms with Gasteiger partial charge in [0, 0.05) is 20.0 Å². The number of β-amino-alcohol motifs (C(OH)–C–C–N with tert-alkyl or cyclic N) is 1. The Hall–Kier alpha value is -1.46. The first-order chi connectivity index (χ1) is 10.1. The van der Waals surface area contributed by atoms with Gasteiger partial charge in [0.15, 0.2) is 4.77 Å². The van der Waals surface area contributed by atoms with E-state index in [1.807, 2.05) is 0 Å². The van der Waals surface area contributed by atoms with E-state index >= 15 is 0 Å². The Bertz CT molecular complexity index is 627. The summed E-state index contributed by atoms with van der Waals surface area (Å²) in [6.07, 6.45) is -5.23. The first kappa shape index (κ1) is 16.9. The van der Waals surface area contributed by atoms with E-state index in [1.165, 1.54) is 19.1 Å². The smallest absolute Gasteiger partial charge is 0.451 e. The molecule has 1 aromatic heterocycles. The fourth-order valence-corrected chi connectivity index (χ4v) is 2.60. The normalized spacial score (nSPS) is 23.0. The average molecular weight is 340 g/mol. The van der Waals surface area contributed by atoms with Crippen LogP contribution in [0.4, 0.5) is 13.2 Å². The zero-order chi connectivity index (χ0) is 16.7. The Labute approximate surface area is 128 Å². The van der Waals surface area contributed by atoms with E-state index < -0.39 is 30.1 Å². The molecule has 1 saturated heterocycles. The number of aromatic nitrogens is 3. The summed E-state index contributed by atoms with van der Waals surface area (Å²) in [6, 6.07) is -0.738. The van der Waals surface area contributed by atoms with Gasteiger partial charge in [0.05, 0.1) is 19.9 Å². The number of hydrogen-bond acceptors (Lipinski definition) is 6. The SMILES string of the molecule is COC(=O)[C@@H]1C[C@H](O)CN1Cn1nc(C(F)(F)F)n(C)c1=S. The molecule has 0 aromatic carbocycles. The van der Waals surface area contributed by atoms with E-state index in [2.05, 4.69) is 9.84 Å². The van der Waals surface area contributed by atoms with Crippen LogP contribution in [-0.4, -0.2) is 56.1 Å². The molecular formula is C11H15F3N4O3S. The summed E-state index contributed by atoms with van der Waals surface area (Å²) in [6.45, 7) is -0.0148. The zero-order valence-corrected chi connectivity index (χ0v) is 12.7. The number of carbonyl (C=O) groups excluding carboxylic acids is 1. The topological polar surface area (TPSA) is 72.5 Å². The van der Waals surface area contributed by atoms with Crippen LogP contribution >= 0.6 is 12.2 Å². The highest BCUT2D eigenvalue weighted by atomic mass is 32.1. The molecule has 1 fully saturated rings. The minimum atomic E-state index is -4.63. The van der Waals surface area contributed by atoms with Crippen LogP contribution in [0.15, 0.2) is 0 Å². The summed E-state index contributed by atoms with van der Waals surface area (Å²) in [5, 5.41) is 13.1. The minimum Gasteiger partial charge on any atom is -0.468 e. The molecule has 1 N–H and O–H groups in total. The van der Waals surface area contributed by atoms with Gasteiger partial charge in [-0.05, 0) is 12.2 Å². The van der Waals surface area contributed by atoms with Gasteiger partial charge >= 0.3 is 12.1 Å². The van der Waals surface area contributed by atoms with Crippen LogP contribution in [0.5, 0.6) is 0 Å². The van der Waals surface area contributed by atoms with Crippen LogP contribution in [-0.2, 0) is 29.4 Å². The molecule has 0 bridgehead atoms. The summed E-state index contributed by atoms with van der Waals surface area (Å²) in [5.41, 5.74) is 0. The van der Waals surface area contributed by atoms with E-state index in [4.69, 9.17) is 12.2 Å². The van der Waals surface area contributed by atoms with Gasteiger partial charge in [0.2, 0.25) is 5.82 Å². The number of methoxy groups -OCH3 is 1. The van der Waals surface area contributed by atoms with Crippen molar-refractivity contribution in [3.05, 3.63) is 10.6 Å². The van der Waals surface area contributed by atoms with E-state index in [9.17, 15) is 23.1 Å². The average Bonchev–Trinajstić information content (AvgIpc) is 2.92. The lowest BCUT2D eigenvalue weighted by Crippen LogP contribution is -2.38. The molecule has 1 aliphatic heterocycles. The van der Waals surface area contributed by atoms with Crippen molar-refractivity contribution in [3.8, 4) is 0 Å². The molecule has 11 heteroatoms. The number of alkyl halides is 3. The van der Waals surface area contributed by atoms with E-state index in [-0.39, 0.29) is 24.4 Å². The predicted molar refractivity (Wildman–Crippen MR) is 70.2 cm³/mol. The van der Waals surface area contributed by atoms with Crippen LogP contribution in [0.1, 0.15) is 12.2 Å². The molecule has 0 amide bonds. The Kier molecular flexibility index (Phi) is 4.59. The summed E-state index contributed by atoms with van der Waals surface area (Å²) < 4.78 is 44.7. The first-order valence-electron chi connectivity index (χ1n) is 6.36. The number of aliphatic hydroxyl groups is 1. The lowest BCUT2D eigenvalue weighted by atomic mass is 10.2. The van der Waals surface area contributed by atoms with Crippen molar-refractivity contribution in [2.24, 2.45) is 7.05 Å². The summed E-state index contributed by atoms with van der Waals surface area (Å²) in [4.78, 5) is 13.1. The molecule has 1 aliphatic rings. The third-order valence-corrected chi connectivity index (χ3v) is 3.95. The standard InChI is InChI=1S/C11H15F3N4O3S/c1-16-9(11(12,13)14)15-18(10(16)22)5-17-4-6(19)3-7(17)8(20)21-2/h6-7,19H,3-5H2,1-2H3/t6-,7-/m0/s1. The Morgan fingerprint density at radius 3 is 2.68 bits per heavy atom. The Morgan fingerprint density at radius 2 is 2.18 bits per heavy atom. The lowest BCUT2D eigenvalue weighted by Gasteiger charge is -2.21. The minimum absolute atomic E-state index is 0.124. The second kappa shape index (κ2) is 5.97. The molecular weight excluding hydrogens is 325 g/mol. The molecule has 22 heavy (non-hydrogen) atoms. The monoisotopic (exact) mass is 340 g/mol. The summed E-state index contributed by atoms with van der Waals surface area (Å²) >= 11 is 4.94. The summed E-state index contributed by atoms with van der Waals surface area (Å²) in [5.74, 6) is -1.68. The lowest BCUT2D eigenvalue weighted by molar-refractivity contribution is -0.148. The van der Waals surface area contributed by atoms with Gasteiger partial charge in [-0.15, -0.1) is 5.10 Å². The van der Waals surface area contributed by atoms with Crippen molar-refractivity contribution < 1.29 is 27.8 Å². The molecule has 0 saturated carbocycles. The Morgan fingerprint density at radius 1 is 1.55 bits per heavy atom. The van der Waals surface area contributed by atoms with Crippen LogP contribution < -0.4 is 0 Å². The predicted octanol–water partition coefficient (Wildman–Crippen LogP) is 0.536. The quantitative estimate of drug-likeness (QED) is 0.639. The van der Waals surface area contributed by atoms with Crippen LogP contribution in [0.3, 0.4) is 0 Å². The fraction of sp³-hybridized carbons (Fsp3) is 0.727. The molecule has 1 aromatic rings. The van der Waals surface area contributed by atoms with Crippen molar-refractivity contribution in [1.82, 2.24) is 19.2 Å². The highest BCUT2D eigenvalue weighted by Gasteiger charge is 2.40. The maximum absolute atomic E-state index is 12.8. The van der Waals surface area contributed by atoms with Gasteiger partial charge in [-0.2, -0.15) is 13.2 Å². The molecule has 0 spiro atoms.